The minimum Gasteiger partial charge on any atom is -0.199 e. The molecule has 0 aromatic rings. The van der Waals surface area contributed by atoms with E-state index in [9.17, 15) is 0 Å². The lowest BCUT2D eigenvalue weighted by atomic mass is 9.49. The van der Waals surface area contributed by atoms with Crippen molar-refractivity contribution in [3.8, 4) is 0 Å². The van der Waals surface area contributed by atoms with Crippen LogP contribution in [0.4, 0.5) is 0 Å². The zero-order valence-corrected chi connectivity index (χ0v) is 10.0. The van der Waals surface area contributed by atoms with Gasteiger partial charge in [0.15, 0.2) is 5.84 Å². The molecule has 0 aromatic heterocycles. The Bertz CT molecular complexity index is 389. The van der Waals surface area contributed by atoms with Crippen LogP contribution in [0, 0.1) is 23.2 Å². The van der Waals surface area contributed by atoms with Gasteiger partial charge in [-0.15, -0.1) is 10.2 Å². The highest BCUT2D eigenvalue weighted by Gasteiger charge is 2.54. The minimum absolute atomic E-state index is 0.263. The number of hydrogen-bond acceptors (Lipinski definition) is 2. The molecule has 0 radical (unpaired) electrons. The quantitative estimate of drug-likeness (QED) is 0.640. The van der Waals surface area contributed by atoms with E-state index in [0.717, 1.165) is 23.6 Å². The van der Waals surface area contributed by atoms with Crippen molar-refractivity contribution in [1.82, 2.24) is 0 Å². The van der Waals surface area contributed by atoms with Crippen molar-refractivity contribution >= 4 is 23.2 Å². The molecule has 4 aliphatic carbocycles. The summed E-state index contributed by atoms with van der Waals surface area (Å²) >= 11 is 5.00. The Kier molecular flexibility index (Phi) is 1.75. The fraction of sp³-hybridized carbons (Fsp3) is 0.833. The van der Waals surface area contributed by atoms with Crippen LogP contribution in [0.25, 0.3) is 0 Å². The van der Waals surface area contributed by atoms with E-state index < -0.39 is 0 Å². The van der Waals surface area contributed by atoms with E-state index in [2.05, 4.69) is 15.2 Å². The lowest BCUT2D eigenvalue weighted by Gasteiger charge is -2.55. The van der Waals surface area contributed by atoms with Crippen LogP contribution in [0.15, 0.2) is 15.2 Å². The van der Waals surface area contributed by atoms with E-state index in [0.29, 0.717) is 5.11 Å². The Hall–Kier alpha value is -0.640. The number of hydrogen-bond donors (Lipinski definition) is 0. The second-order valence-corrected chi connectivity index (χ2v) is 6.48. The monoisotopic (exact) mass is 233 g/mol. The molecule has 0 atom stereocenters. The second-order valence-electron chi connectivity index (χ2n) is 6.12. The zero-order chi connectivity index (χ0) is 10.8. The van der Waals surface area contributed by atoms with Crippen molar-refractivity contribution in [2.45, 2.75) is 38.5 Å². The summed E-state index contributed by atoms with van der Waals surface area (Å²) in [4.78, 5) is 4.39. The summed E-state index contributed by atoms with van der Waals surface area (Å²) in [5.41, 5.74) is 0.263. The molecule has 5 aliphatic rings. The fourth-order valence-corrected chi connectivity index (χ4v) is 4.96. The average molecular weight is 233 g/mol. The Labute approximate surface area is 100 Å². The fourth-order valence-electron chi connectivity index (χ4n) is 4.83. The molecule has 0 N–H and O–H groups in total. The molecule has 4 bridgehead atoms. The first-order valence-electron chi connectivity index (χ1n) is 6.28. The van der Waals surface area contributed by atoms with Crippen LogP contribution in [-0.2, 0) is 0 Å². The molecule has 4 fully saturated rings. The highest BCUT2D eigenvalue weighted by atomic mass is 32.1. The first-order chi connectivity index (χ1) is 7.73. The van der Waals surface area contributed by atoms with E-state index in [-0.39, 0.29) is 5.41 Å². The first kappa shape index (κ1) is 9.40. The predicted octanol–water partition coefficient (Wildman–Crippen LogP) is 3.35. The summed E-state index contributed by atoms with van der Waals surface area (Å²) in [6.45, 7) is 0. The molecule has 0 amide bonds. The molecular weight excluding hydrogens is 218 g/mol. The molecule has 3 nitrogen and oxygen atoms in total. The van der Waals surface area contributed by atoms with Gasteiger partial charge in [0, 0.05) is 5.41 Å². The largest absolute Gasteiger partial charge is 0.241 e. The van der Waals surface area contributed by atoms with E-state index in [1.165, 1.54) is 38.5 Å². The van der Waals surface area contributed by atoms with Gasteiger partial charge < -0.3 is 0 Å². The molecule has 0 unspecified atom stereocenters. The predicted molar refractivity (Wildman–Crippen MR) is 65.5 cm³/mol. The Morgan fingerprint density at radius 2 is 1.50 bits per heavy atom. The highest BCUT2D eigenvalue weighted by Crippen LogP contribution is 2.60. The van der Waals surface area contributed by atoms with Gasteiger partial charge >= 0.3 is 0 Å². The molecule has 0 spiro atoms. The second kappa shape index (κ2) is 2.97. The molecule has 16 heavy (non-hydrogen) atoms. The van der Waals surface area contributed by atoms with Gasteiger partial charge in [0.1, 0.15) is 0 Å². The van der Waals surface area contributed by atoms with Crippen LogP contribution in [0.3, 0.4) is 0 Å². The van der Waals surface area contributed by atoms with Crippen molar-refractivity contribution < 1.29 is 0 Å². The zero-order valence-electron chi connectivity index (χ0n) is 9.22. The van der Waals surface area contributed by atoms with Gasteiger partial charge in [-0.1, -0.05) is 0 Å². The van der Waals surface area contributed by atoms with Crippen molar-refractivity contribution in [2.75, 3.05) is 0 Å². The van der Waals surface area contributed by atoms with E-state index in [1.54, 1.807) is 0 Å². The summed E-state index contributed by atoms with van der Waals surface area (Å²) in [6.07, 6.45) is 8.23. The van der Waals surface area contributed by atoms with Crippen LogP contribution in [-0.4, -0.2) is 10.9 Å². The van der Waals surface area contributed by atoms with Gasteiger partial charge in [0.2, 0.25) is 5.11 Å². The highest BCUT2D eigenvalue weighted by molar-refractivity contribution is 7.80. The van der Waals surface area contributed by atoms with Crippen LogP contribution < -0.4 is 0 Å². The SMILES string of the molecule is S=C1N=NC(C23CC4CC(CC(C4)C2)C3)=N1. The third-order valence-electron chi connectivity index (χ3n) is 4.94. The van der Waals surface area contributed by atoms with Crippen LogP contribution in [0.5, 0.6) is 0 Å². The summed E-state index contributed by atoms with van der Waals surface area (Å²) < 4.78 is 0. The molecule has 0 aromatic carbocycles. The topological polar surface area (TPSA) is 37.1 Å². The first-order valence-corrected chi connectivity index (χ1v) is 6.69. The molecule has 0 saturated heterocycles. The summed E-state index contributed by atoms with van der Waals surface area (Å²) in [5.74, 6) is 3.76. The van der Waals surface area contributed by atoms with Crippen molar-refractivity contribution in [3.63, 3.8) is 0 Å². The van der Waals surface area contributed by atoms with E-state index in [4.69, 9.17) is 12.2 Å². The smallest absolute Gasteiger partial charge is 0.199 e. The number of thiocarbonyl (C=S) groups is 1. The van der Waals surface area contributed by atoms with Crippen molar-refractivity contribution in [1.29, 1.82) is 0 Å². The molecule has 4 heteroatoms. The summed E-state index contributed by atoms with van der Waals surface area (Å²) in [6, 6.07) is 0. The average Bonchev–Trinajstić information content (AvgIpc) is 2.63. The number of aliphatic imine (C=N–C) groups is 1. The van der Waals surface area contributed by atoms with E-state index in [1.807, 2.05) is 0 Å². The molecule has 84 valence electrons. The Morgan fingerprint density at radius 1 is 0.938 bits per heavy atom. The van der Waals surface area contributed by atoms with Gasteiger partial charge in [-0.2, -0.15) is 4.99 Å². The van der Waals surface area contributed by atoms with Gasteiger partial charge in [0.25, 0.3) is 0 Å². The van der Waals surface area contributed by atoms with Gasteiger partial charge in [-0.05, 0) is 68.5 Å². The van der Waals surface area contributed by atoms with Crippen molar-refractivity contribution in [3.05, 3.63) is 0 Å². The number of azo groups is 1. The molecule has 1 aliphatic heterocycles. The van der Waals surface area contributed by atoms with Gasteiger partial charge in [-0.25, -0.2) is 0 Å². The maximum absolute atomic E-state index is 5.00. The Morgan fingerprint density at radius 3 is 1.94 bits per heavy atom. The maximum Gasteiger partial charge on any atom is 0.241 e. The molecule has 5 rings (SSSR count). The minimum atomic E-state index is 0.263. The van der Waals surface area contributed by atoms with Crippen LogP contribution >= 0.6 is 12.2 Å². The standard InChI is InChI=1S/C12H15N3S/c16-11-13-10(14-15-11)12-4-7-1-8(5-12)3-9(2-7)6-12/h7-9H,1-6H2. The number of amidine groups is 1. The normalized spacial score (nSPS) is 48.9. The maximum atomic E-state index is 5.00. The lowest BCUT2D eigenvalue weighted by Crippen LogP contribution is -2.49. The van der Waals surface area contributed by atoms with Gasteiger partial charge in [-0.3, -0.25) is 0 Å². The van der Waals surface area contributed by atoms with Gasteiger partial charge in [0.05, 0.1) is 0 Å². The third kappa shape index (κ3) is 1.19. The third-order valence-corrected chi connectivity index (χ3v) is 5.12. The number of nitrogens with zero attached hydrogens (tertiary/aromatic N) is 3. The van der Waals surface area contributed by atoms with E-state index >= 15 is 0 Å². The van der Waals surface area contributed by atoms with Crippen LogP contribution in [0.1, 0.15) is 38.5 Å². The van der Waals surface area contributed by atoms with Crippen molar-refractivity contribution in [2.24, 2.45) is 38.4 Å². The van der Waals surface area contributed by atoms with Crippen LogP contribution in [0.2, 0.25) is 0 Å². The number of rotatable bonds is 1. The molecule has 4 saturated carbocycles. The lowest BCUT2D eigenvalue weighted by molar-refractivity contribution is -0.0128. The Balaban J connectivity index is 1.74. The molecular formula is C12H15N3S. The summed E-state index contributed by atoms with van der Waals surface area (Å²) in [7, 11) is 0. The summed E-state index contributed by atoms with van der Waals surface area (Å²) in [5, 5.41) is 8.60. The molecule has 1 heterocycles.